The highest BCUT2D eigenvalue weighted by atomic mass is 14.6. The molecule has 0 aromatic heterocycles. The molecule has 2 aromatic rings. The summed E-state index contributed by atoms with van der Waals surface area (Å²) in [7, 11) is 0. The molecule has 0 spiro atoms. The van der Waals surface area contributed by atoms with Crippen LogP contribution in [-0.4, -0.2) is 12.1 Å². The summed E-state index contributed by atoms with van der Waals surface area (Å²) in [5, 5.41) is 0. The fraction of sp³-hybridized carbons (Fsp3) is 0.571. The first-order chi connectivity index (χ1) is 15.3. The highest BCUT2D eigenvalue weighted by Crippen LogP contribution is 2.29. The summed E-state index contributed by atoms with van der Waals surface area (Å²) in [6.07, 6.45) is 11.0. The molecule has 0 saturated heterocycles. The molecule has 2 atom stereocenters. The van der Waals surface area contributed by atoms with Gasteiger partial charge in [0.2, 0.25) is 0 Å². The van der Waals surface area contributed by atoms with Crippen molar-refractivity contribution in [2.45, 2.75) is 90.1 Å². The van der Waals surface area contributed by atoms with E-state index in [4.69, 9.17) is 22.9 Å². The second-order valence-corrected chi connectivity index (χ2v) is 10.3. The van der Waals surface area contributed by atoms with Crippen LogP contribution in [0.4, 0.5) is 11.4 Å². The Hall–Kier alpha value is -2.04. The van der Waals surface area contributed by atoms with Crippen molar-refractivity contribution in [1.82, 2.24) is 0 Å². The Balaban J connectivity index is 1.65. The van der Waals surface area contributed by atoms with E-state index in [0.717, 1.165) is 68.7 Å². The van der Waals surface area contributed by atoms with Gasteiger partial charge in [0.05, 0.1) is 0 Å². The average Bonchev–Trinajstić information content (AvgIpc) is 2.78. The Labute approximate surface area is 195 Å². The molecule has 32 heavy (non-hydrogen) atoms. The quantitative estimate of drug-likeness (QED) is 0.384. The lowest BCUT2D eigenvalue weighted by molar-refractivity contribution is 0.325. The van der Waals surface area contributed by atoms with Crippen LogP contribution in [0.1, 0.15) is 81.0 Å². The van der Waals surface area contributed by atoms with E-state index in [9.17, 15) is 0 Å². The number of hydrogen-bond donors (Lipinski definition) is 4. The van der Waals surface area contributed by atoms with Gasteiger partial charge < -0.3 is 22.9 Å². The van der Waals surface area contributed by atoms with Crippen LogP contribution in [0.3, 0.4) is 0 Å². The maximum Gasteiger partial charge on any atom is 0.0350 e. The molecule has 1 aliphatic carbocycles. The monoisotopic (exact) mass is 436 g/mol. The van der Waals surface area contributed by atoms with Crippen LogP contribution in [0.15, 0.2) is 36.4 Å². The Morgan fingerprint density at radius 1 is 0.875 bits per heavy atom. The summed E-state index contributed by atoms with van der Waals surface area (Å²) in [6.45, 7) is 4.45. The van der Waals surface area contributed by atoms with E-state index in [1.165, 1.54) is 35.1 Å². The lowest BCUT2D eigenvalue weighted by Crippen LogP contribution is -2.27. The molecule has 2 unspecified atom stereocenters. The standard InChI is InChI=1S/C28H44N4/c1-3-25(29)9-4-19(2)14-23-17-22(8-13-27(23)31)18-24-16-21(7-12-28(24)32)15-20-5-10-26(30)11-6-20/h7-8,12-13,16-17,19-20,25-26H,3-6,9-11,14-15,18,29-32H2,1-2H3. The predicted molar refractivity (Wildman–Crippen MR) is 139 cm³/mol. The van der Waals surface area contributed by atoms with E-state index in [0.29, 0.717) is 18.0 Å². The van der Waals surface area contributed by atoms with Crippen LogP contribution in [0.5, 0.6) is 0 Å². The summed E-state index contributed by atoms with van der Waals surface area (Å²) in [4.78, 5) is 0. The first-order valence-corrected chi connectivity index (χ1v) is 12.6. The molecule has 1 fully saturated rings. The van der Waals surface area contributed by atoms with Gasteiger partial charge in [-0.2, -0.15) is 0 Å². The van der Waals surface area contributed by atoms with Gasteiger partial charge in [-0.25, -0.2) is 0 Å². The lowest BCUT2D eigenvalue weighted by atomic mass is 9.82. The van der Waals surface area contributed by atoms with Gasteiger partial charge in [0.15, 0.2) is 0 Å². The van der Waals surface area contributed by atoms with Crippen molar-refractivity contribution in [1.29, 1.82) is 0 Å². The Morgan fingerprint density at radius 3 is 2.19 bits per heavy atom. The van der Waals surface area contributed by atoms with Gasteiger partial charge in [-0.15, -0.1) is 0 Å². The van der Waals surface area contributed by atoms with Gasteiger partial charge in [0.25, 0.3) is 0 Å². The Kier molecular flexibility index (Phi) is 9.01. The molecule has 8 N–H and O–H groups in total. The van der Waals surface area contributed by atoms with Crippen molar-refractivity contribution in [3.8, 4) is 0 Å². The molecular formula is C28H44N4. The molecule has 0 radical (unpaired) electrons. The van der Waals surface area contributed by atoms with Crippen LogP contribution in [0, 0.1) is 11.8 Å². The van der Waals surface area contributed by atoms with E-state index >= 15 is 0 Å². The second kappa shape index (κ2) is 11.7. The molecular weight excluding hydrogens is 392 g/mol. The molecule has 1 saturated carbocycles. The van der Waals surface area contributed by atoms with Crippen LogP contribution in [-0.2, 0) is 19.3 Å². The van der Waals surface area contributed by atoms with E-state index < -0.39 is 0 Å². The van der Waals surface area contributed by atoms with Crippen LogP contribution in [0.2, 0.25) is 0 Å². The maximum absolute atomic E-state index is 6.37. The first kappa shape index (κ1) is 24.6. The van der Waals surface area contributed by atoms with E-state index in [-0.39, 0.29) is 0 Å². The van der Waals surface area contributed by atoms with E-state index in [1.807, 2.05) is 0 Å². The molecule has 3 rings (SSSR count). The van der Waals surface area contributed by atoms with E-state index in [1.54, 1.807) is 0 Å². The van der Waals surface area contributed by atoms with Crippen LogP contribution < -0.4 is 22.9 Å². The largest absolute Gasteiger partial charge is 0.399 e. The third kappa shape index (κ3) is 7.25. The SMILES string of the molecule is CCC(N)CCC(C)Cc1cc(Cc2cc(CC3CCC(N)CC3)ccc2N)ccc1N. The van der Waals surface area contributed by atoms with Gasteiger partial charge in [-0.3, -0.25) is 0 Å². The average molecular weight is 437 g/mol. The van der Waals surface area contributed by atoms with Gasteiger partial charge in [-0.05, 0) is 110 Å². The molecule has 1 aliphatic rings. The van der Waals surface area contributed by atoms with Gasteiger partial charge in [0.1, 0.15) is 0 Å². The number of rotatable bonds is 10. The summed E-state index contributed by atoms with van der Waals surface area (Å²) < 4.78 is 0. The number of hydrogen-bond acceptors (Lipinski definition) is 4. The summed E-state index contributed by atoms with van der Waals surface area (Å²) in [5.74, 6) is 1.32. The predicted octanol–water partition coefficient (Wildman–Crippen LogP) is 5.20. The highest BCUT2D eigenvalue weighted by Gasteiger charge is 2.19. The molecule has 4 heteroatoms. The number of nitrogen functional groups attached to an aromatic ring is 2. The molecule has 0 aliphatic heterocycles. The van der Waals surface area contributed by atoms with Crippen molar-refractivity contribution in [2.24, 2.45) is 23.3 Å². The van der Waals surface area contributed by atoms with Crippen molar-refractivity contribution in [2.75, 3.05) is 11.5 Å². The molecule has 0 bridgehead atoms. The van der Waals surface area contributed by atoms with E-state index in [2.05, 4.69) is 50.2 Å². The summed E-state index contributed by atoms with van der Waals surface area (Å²) in [6, 6.07) is 13.8. The zero-order valence-corrected chi connectivity index (χ0v) is 20.2. The number of anilines is 2. The number of nitrogens with two attached hydrogens (primary N) is 4. The van der Waals surface area contributed by atoms with Crippen molar-refractivity contribution < 1.29 is 0 Å². The molecule has 2 aromatic carbocycles. The minimum atomic E-state index is 0.307. The minimum Gasteiger partial charge on any atom is -0.399 e. The number of benzene rings is 2. The Bertz CT molecular complexity index is 855. The zero-order valence-electron chi connectivity index (χ0n) is 20.2. The smallest absolute Gasteiger partial charge is 0.0350 e. The summed E-state index contributed by atoms with van der Waals surface area (Å²) in [5.41, 5.74) is 31.8. The third-order valence-electron chi connectivity index (χ3n) is 7.35. The molecule has 4 nitrogen and oxygen atoms in total. The van der Waals surface area contributed by atoms with Gasteiger partial charge in [0, 0.05) is 23.5 Å². The molecule has 0 amide bonds. The zero-order chi connectivity index (χ0) is 23.1. The topological polar surface area (TPSA) is 104 Å². The third-order valence-corrected chi connectivity index (χ3v) is 7.35. The second-order valence-electron chi connectivity index (χ2n) is 10.3. The van der Waals surface area contributed by atoms with Gasteiger partial charge >= 0.3 is 0 Å². The van der Waals surface area contributed by atoms with Crippen LogP contribution >= 0.6 is 0 Å². The van der Waals surface area contributed by atoms with Crippen LogP contribution in [0.25, 0.3) is 0 Å². The Morgan fingerprint density at radius 2 is 1.50 bits per heavy atom. The lowest BCUT2D eigenvalue weighted by Gasteiger charge is -2.26. The highest BCUT2D eigenvalue weighted by molar-refractivity contribution is 5.53. The normalized spacial score (nSPS) is 20.8. The maximum atomic E-state index is 6.37. The van der Waals surface area contributed by atoms with Crippen molar-refractivity contribution in [3.63, 3.8) is 0 Å². The summed E-state index contributed by atoms with van der Waals surface area (Å²) >= 11 is 0. The van der Waals surface area contributed by atoms with Crippen molar-refractivity contribution in [3.05, 3.63) is 58.7 Å². The van der Waals surface area contributed by atoms with Gasteiger partial charge in [-0.1, -0.05) is 38.1 Å². The fourth-order valence-electron chi connectivity index (χ4n) is 5.01. The first-order valence-electron chi connectivity index (χ1n) is 12.6. The van der Waals surface area contributed by atoms with Crippen molar-refractivity contribution >= 4 is 11.4 Å². The molecule has 0 heterocycles. The molecule has 176 valence electrons. The fourth-order valence-corrected chi connectivity index (χ4v) is 5.01. The minimum absolute atomic E-state index is 0.307.